The maximum absolute atomic E-state index is 13.6. The van der Waals surface area contributed by atoms with Gasteiger partial charge in [0, 0.05) is 35.8 Å². The van der Waals surface area contributed by atoms with E-state index in [9.17, 15) is 14.9 Å². The van der Waals surface area contributed by atoms with E-state index in [4.69, 9.17) is 5.73 Å². The molecule has 1 amide bonds. The maximum atomic E-state index is 13.6. The first-order valence-electron chi connectivity index (χ1n) is 12.8. The topological polar surface area (TPSA) is 138 Å². The number of anilines is 2. The minimum atomic E-state index is -0.593. The van der Waals surface area contributed by atoms with Crippen LogP contribution in [0.3, 0.4) is 0 Å². The van der Waals surface area contributed by atoms with Crippen molar-refractivity contribution in [2.75, 3.05) is 16.0 Å². The number of carbonyl (C=O) groups is 2. The van der Waals surface area contributed by atoms with Crippen LogP contribution in [0.4, 0.5) is 10.8 Å². The molecule has 1 unspecified atom stereocenters. The van der Waals surface area contributed by atoms with Crippen LogP contribution in [0, 0.1) is 30.6 Å². The third-order valence-corrected chi connectivity index (χ3v) is 9.23. The molecule has 1 atom stereocenters. The van der Waals surface area contributed by atoms with Gasteiger partial charge in [0.15, 0.2) is 10.1 Å². The first kappa shape index (κ1) is 27.6. The number of rotatable bonds is 6. The van der Waals surface area contributed by atoms with Crippen LogP contribution in [0.2, 0.25) is 0 Å². The van der Waals surface area contributed by atoms with Crippen molar-refractivity contribution in [1.29, 1.82) is 5.26 Å². The molecular weight excluding hydrogens is 543 g/mol. The molecule has 0 radical (unpaired) electrons. The van der Waals surface area contributed by atoms with Crippen molar-refractivity contribution >= 4 is 45.6 Å². The summed E-state index contributed by atoms with van der Waals surface area (Å²) in [5, 5.41) is 22.3. The van der Waals surface area contributed by atoms with Gasteiger partial charge in [-0.3, -0.25) is 19.5 Å². The van der Waals surface area contributed by atoms with E-state index in [1.165, 1.54) is 23.1 Å². The van der Waals surface area contributed by atoms with Crippen molar-refractivity contribution in [3.8, 4) is 6.07 Å². The van der Waals surface area contributed by atoms with Crippen LogP contribution in [0.5, 0.6) is 0 Å². The van der Waals surface area contributed by atoms with Crippen molar-refractivity contribution in [2.24, 2.45) is 11.1 Å². The average Bonchev–Trinajstić information content (AvgIpc) is 3.37. The van der Waals surface area contributed by atoms with Gasteiger partial charge in [-0.1, -0.05) is 55.1 Å². The molecule has 0 spiro atoms. The lowest BCUT2D eigenvalue weighted by atomic mass is 9.69. The summed E-state index contributed by atoms with van der Waals surface area (Å²) in [7, 11) is 0. The molecule has 0 bridgehead atoms. The van der Waals surface area contributed by atoms with Crippen molar-refractivity contribution in [1.82, 2.24) is 15.2 Å². The zero-order valence-corrected chi connectivity index (χ0v) is 24.3. The Morgan fingerprint density at radius 2 is 2.05 bits per heavy atom. The van der Waals surface area contributed by atoms with E-state index in [0.717, 1.165) is 28.1 Å². The second-order valence-electron chi connectivity index (χ2n) is 10.7. The number of Topliss-reactive ketones (excluding diaryl/α,β-unsaturated/α-hetero) is 1. The largest absolute Gasteiger partial charge is 0.384 e. The Morgan fingerprint density at radius 1 is 1.25 bits per heavy atom. The number of nitrogens with two attached hydrogens (primary N) is 1. The number of hydrogen-bond acceptors (Lipinski definition) is 10. The predicted octanol–water partition coefficient (Wildman–Crippen LogP) is 5.22. The summed E-state index contributed by atoms with van der Waals surface area (Å²) in [5.41, 5.74) is 11.6. The average molecular weight is 572 g/mol. The third-order valence-electron chi connectivity index (χ3n) is 7.19. The molecule has 1 aliphatic carbocycles. The minimum absolute atomic E-state index is 0.0208. The van der Waals surface area contributed by atoms with E-state index in [2.05, 4.69) is 26.6 Å². The summed E-state index contributed by atoms with van der Waals surface area (Å²) in [6.07, 6.45) is 4.26. The molecule has 0 saturated carbocycles. The molecule has 3 N–H and O–H groups in total. The van der Waals surface area contributed by atoms with Gasteiger partial charge in [0.1, 0.15) is 5.82 Å². The first-order valence-corrected chi connectivity index (χ1v) is 14.6. The number of hydrogen-bond donors (Lipinski definition) is 2. The van der Waals surface area contributed by atoms with E-state index in [-0.39, 0.29) is 34.3 Å². The molecule has 2 aliphatic rings. The Hall–Kier alpha value is -4.01. The number of aromatic nitrogens is 3. The van der Waals surface area contributed by atoms with E-state index < -0.39 is 5.92 Å². The number of nitriles is 1. The van der Waals surface area contributed by atoms with Gasteiger partial charge in [-0.15, -0.1) is 10.2 Å². The van der Waals surface area contributed by atoms with Crippen molar-refractivity contribution in [3.05, 3.63) is 82.1 Å². The highest BCUT2D eigenvalue weighted by atomic mass is 32.2. The quantitative estimate of drug-likeness (QED) is 0.381. The van der Waals surface area contributed by atoms with E-state index >= 15 is 0 Å². The number of aryl methyl sites for hydroxylation is 1. The zero-order valence-electron chi connectivity index (χ0n) is 22.7. The van der Waals surface area contributed by atoms with Gasteiger partial charge in [-0.25, -0.2) is 0 Å². The molecule has 1 aliphatic heterocycles. The molecule has 5 rings (SSSR count). The lowest BCUT2D eigenvalue weighted by Gasteiger charge is -2.42. The Kier molecular flexibility index (Phi) is 7.49. The molecule has 11 heteroatoms. The molecular formula is C29H29N7O2S2. The number of benzene rings is 1. The molecule has 2 aromatic heterocycles. The van der Waals surface area contributed by atoms with Gasteiger partial charge in [-0.2, -0.15) is 5.26 Å². The van der Waals surface area contributed by atoms with Crippen molar-refractivity contribution in [3.63, 3.8) is 0 Å². The second-order valence-corrected chi connectivity index (χ2v) is 12.9. The number of nitrogens with one attached hydrogen (secondary N) is 1. The van der Waals surface area contributed by atoms with Gasteiger partial charge in [0.25, 0.3) is 0 Å². The Morgan fingerprint density at radius 3 is 2.77 bits per heavy atom. The first-order chi connectivity index (χ1) is 19.1. The van der Waals surface area contributed by atoms with Crippen molar-refractivity contribution in [2.45, 2.75) is 50.8 Å². The highest BCUT2D eigenvalue weighted by Gasteiger charge is 2.45. The predicted molar refractivity (Wildman–Crippen MR) is 157 cm³/mol. The number of amides is 1. The number of carbonyl (C=O) groups excluding carboxylic acids is 2. The van der Waals surface area contributed by atoms with Crippen LogP contribution in [-0.2, 0) is 9.59 Å². The summed E-state index contributed by atoms with van der Waals surface area (Å²) >= 11 is 2.54. The van der Waals surface area contributed by atoms with Gasteiger partial charge >= 0.3 is 0 Å². The Bertz CT molecular complexity index is 1600. The molecule has 9 nitrogen and oxygen atoms in total. The number of thioether (sulfide) groups is 1. The Labute approximate surface area is 241 Å². The summed E-state index contributed by atoms with van der Waals surface area (Å²) in [5.74, 6) is -0.388. The highest BCUT2D eigenvalue weighted by Crippen LogP contribution is 2.50. The van der Waals surface area contributed by atoms with E-state index in [0.29, 0.717) is 27.9 Å². The summed E-state index contributed by atoms with van der Waals surface area (Å²) in [4.78, 5) is 32.2. The lowest BCUT2D eigenvalue weighted by molar-refractivity contribution is -0.118. The monoisotopic (exact) mass is 571 g/mol. The normalized spacial score (nSPS) is 18.4. The van der Waals surface area contributed by atoms with Crippen LogP contribution in [0.1, 0.15) is 49.3 Å². The van der Waals surface area contributed by atoms with Crippen LogP contribution >= 0.6 is 23.1 Å². The van der Waals surface area contributed by atoms with Crippen LogP contribution in [0.25, 0.3) is 0 Å². The summed E-state index contributed by atoms with van der Waals surface area (Å²) < 4.78 is 0.579. The highest BCUT2D eigenvalue weighted by molar-refractivity contribution is 8.01. The van der Waals surface area contributed by atoms with Crippen LogP contribution < -0.4 is 16.0 Å². The molecule has 0 saturated heterocycles. The van der Waals surface area contributed by atoms with Crippen LogP contribution in [-0.4, -0.2) is 32.6 Å². The SMILES string of the molecule is Cc1cccc(NC(=O)CSc2nnc(N3C(N)=C(C#N)C(c4cccnc4)C4=C3CC(C)(C)CC4=O)s2)c1C. The fourth-order valence-corrected chi connectivity index (χ4v) is 6.84. The van der Waals surface area contributed by atoms with Crippen LogP contribution in [0.15, 0.2) is 69.7 Å². The molecule has 3 heterocycles. The number of allylic oxidation sites excluding steroid dienone is 3. The van der Waals surface area contributed by atoms with E-state index in [1.54, 1.807) is 23.4 Å². The summed E-state index contributed by atoms with van der Waals surface area (Å²) in [6.45, 7) is 8.06. The minimum Gasteiger partial charge on any atom is -0.384 e. The molecule has 40 heavy (non-hydrogen) atoms. The molecule has 204 valence electrons. The third kappa shape index (κ3) is 5.24. The second kappa shape index (κ2) is 10.9. The van der Waals surface area contributed by atoms with Gasteiger partial charge in [0.05, 0.1) is 23.3 Å². The molecule has 3 aromatic rings. The van der Waals surface area contributed by atoms with Crippen molar-refractivity contribution < 1.29 is 9.59 Å². The zero-order chi connectivity index (χ0) is 28.6. The lowest BCUT2D eigenvalue weighted by Crippen LogP contribution is -2.42. The maximum Gasteiger partial charge on any atom is 0.234 e. The van der Waals surface area contributed by atoms with E-state index in [1.807, 2.05) is 52.0 Å². The summed E-state index contributed by atoms with van der Waals surface area (Å²) in [6, 6.07) is 11.7. The van der Waals surface area contributed by atoms with Gasteiger partial charge in [0.2, 0.25) is 11.0 Å². The standard InChI is InChI=1S/C29H29N7O2S2/c1-16-7-5-9-20(17(16)2)33-23(38)15-39-28-35-34-27(40-28)36-21-11-29(3,4)12-22(37)25(21)24(19(13-30)26(36)31)18-8-6-10-32-14-18/h5-10,14,24H,11-12,15,31H2,1-4H3,(H,33,38). The Balaban J connectivity index is 1.45. The number of nitrogens with zero attached hydrogens (tertiary/aromatic N) is 5. The fraction of sp³-hybridized carbons (Fsp3) is 0.310. The van der Waals surface area contributed by atoms with Gasteiger partial charge in [-0.05, 0) is 54.5 Å². The molecule has 1 aromatic carbocycles. The smallest absolute Gasteiger partial charge is 0.234 e. The number of pyridine rings is 1. The molecule has 0 fully saturated rings. The fourth-order valence-electron chi connectivity index (χ4n) is 5.16. The van der Waals surface area contributed by atoms with Gasteiger partial charge < -0.3 is 11.1 Å². The number of ketones is 1.